The van der Waals surface area contributed by atoms with E-state index in [1.54, 1.807) is 36.4 Å². The number of fused-ring (bicyclic) bond motifs is 1. The maximum atomic E-state index is 14.6. The molecular weight excluding hydrogens is 403 g/mol. The Morgan fingerprint density at radius 2 is 1.81 bits per heavy atom. The zero-order chi connectivity index (χ0) is 22.5. The van der Waals surface area contributed by atoms with Crippen LogP contribution in [0.2, 0.25) is 0 Å². The molecule has 164 valence electrons. The Morgan fingerprint density at radius 1 is 1.03 bits per heavy atom. The number of rotatable bonds is 8. The third kappa shape index (κ3) is 4.83. The second-order valence-electron chi connectivity index (χ2n) is 8.25. The zero-order valence-corrected chi connectivity index (χ0v) is 18.3. The molecule has 32 heavy (non-hydrogen) atoms. The highest BCUT2D eigenvalue weighted by Crippen LogP contribution is 2.33. The molecule has 1 aromatic heterocycles. The molecule has 5 heteroatoms. The average molecular weight is 431 g/mol. The number of aromatic nitrogens is 1. The van der Waals surface area contributed by atoms with Crippen molar-refractivity contribution in [3.8, 4) is 16.9 Å². The number of hydrogen-bond donors (Lipinski definition) is 2. The van der Waals surface area contributed by atoms with E-state index < -0.39 is 0 Å². The number of carbonyl (C=O) groups is 1. The summed E-state index contributed by atoms with van der Waals surface area (Å²) in [4.78, 5) is 15.8. The fourth-order valence-corrected chi connectivity index (χ4v) is 3.70. The number of carbonyl (C=O) groups excluding carboxylic acids is 1. The fourth-order valence-electron chi connectivity index (χ4n) is 3.70. The fraction of sp³-hybridized carbons (Fsp3) is 0.222. The number of para-hydroxylation sites is 1. The monoisotopic (exact) mass is 430 g/mol. The molecule has 4 nitrogen and oxygen atoms in total. The lowest BCUT2D eigenvalue weighted by Crippen LogP contribution is -2.27. The number of hydrogen-bond acceptors (Lipinski definition) is 2. The van der Waals surface area contributed by atoms with E-state index in [-0.39, 0.29) is 11.7 Å². The first kappa shape index (κ1) is 21.6. The van der Waals surface area contributed by atoms with E-state index in [9.17, 15) is 9.18 Å². The summed E-state index contributed by atoms with van der Waals surface area (Å²) < 4.78 is 20.7. The Bertz CT molecular complexity index is 1230. The number of nitrogens with one attached hydrogen (secondary N) is 2. The average Bonchev–Trinajstić information content (AvgIpc) is 3.21. The van der Waals surface area contributed by atoms with Gasteiger partial charge in [-0.1, -0.05) is 50.2 Å². The van der Waals surface area contributed by atoms with Gasteiger partial charge in [0.05, 0.1) is 6.61 Å². The minimum atomic E-state index is -0.353. The first-order valence-corrected chi connectivity index (χ1v) is 10.9. The molecule has 0 aliphatic rings. The SMILES string of the molecule is CC(C)CNC(=O)c1ccc(OCCc2c[nH]c3ccccc23)c(-c2ccccc2F)c1. The molecule has 1 heterocycles. The Morgan fingerprint density at radius 3 is 2.62 bits per heavy atom. The second kappa shape index (κ2) is 9.69. The molecule has 0 aliphatic carbocycles. The lowest BCUT2D eigenvalue weighted by Gasteiger charge is -2.15. The van der Waals surface area contributed by atoms with Crippen molar-refractivity contribution < 1.29 is 13.9 Å². The molecule has 2 N–H and O–H groups in total. The van der Waals surface area contributed by atoms with Crippen LogP contribution in [0.1, 0.15) is 29.8 Å². The summed E-state index contributed by atoms with van der Waals surface area (Å²) in [5.41, 5.74) is 3.71. The van der Waals surface area contributed by atoms with Gasteiger partial charge in [-0.05, 0) is 41.8 Å². The molecule has 4 aromatic rings. The Kier molecular flexibility index (Phi) is 6.55. The molecule has 0 spiro atoms. The van der Waals surface area contributed by atoms with Crippen LogP contribution in [-0.4, -0.2) is 24.0 Å². The van der Waals surface area contributed by atoms with E-state index >= 15 is 0 Å². The topological polar surface area (TPSA) is 54.1 Å². The van der Waals surface area contributed by atoms with Crippen LogP contribution in [0.25, 0.3) is 22.0 Å². The highest BCUT2D eigenvalue weighted by atomic mass is 19.1. The van der Waals surface area contributed by atoms with E-state index in [4.69, 9.17) is 4.74 Å². The summed E-state index contributed by atoms with van der Waals surface area (Å²) in [6.07, 6.45) is 2.70. The normalized spacial score (nSPS) is 11.1. The van der Waals surface area contributed by atoms with Crippen LogP contribution in [0.4, 0.5) is 4.39 Å². The van der Waals surface area contributed by atoms with E-state index in [1.807, 2.05) is 38.2 Å². The molecule has 0 atom stereocenters. The number of H-pyrrole nitrogens is 1. The van der Waals surface area contributed by atoms with Crippen LogP contribution >= 0.6 is 0 Å². The van der Waals surface area contributed by atoms with Gasteiger partial charge >= 0.3 is 0 Å². The molecule has 3 aromatic carbocycles. The number of ether oxygens (including phenoxy) is 1. The van der Waals surface area contributed by atoms with Crippen molar-refractivity contribution in [2.24, 2.45) is 5.92 Å². The maximum absolute atomic E-state index is 14.6. The number of halogens is 1. The highest BCUT2D eigenvalue weighted by Gasteiger charge is 2.15. The summed E-state index contributed by atoms with van der Waals surface area (Å²) in [6.45, 7) is 5.09. The van der Waals surface area contributed by atoms with Gasteiger partial charge in [-0.3, -0.25) is 4.79 Å². The number of benzene rings is 3. The molecule has 0 aliphatic heterocycles. The highest BCUT2D eigenvalue weighted by molar-refractivity contribution is 5.96. The van der Waals surface area contributed by atoms with Gasteiger partial charge in [-0.2, -0.15) is 0 Å². The minimum Gasteiger partial charge on any atom is -0.493 e. The van der Waals surface area contributed by atoms with Crippen molar-refractivity contribution >= 4 is 16.8 Å². The third-order valence-corrected chi connectivity index (χ3v) is 5.38. The summed E-state index contributed by atoms with van der Waals surface area (Å²) >= 11 is 0. The summed E-state index contributed by atoms with van der Waals surface area (Å²) in [7, 11) is 0. The van der Waals surface area contributed by atoms with Gasteiger partial charge in [0.2, 0.25) is 0 Å². The number of amides is 1. The van der Waals surface area contributed by atoms with Crippen molar-refractivity contribution in [3.05, 3.63) is 89.9 Å². The van der Waals surface area contributed by atoms with Gasteiger partial charge in [-0.25, -0.2) is 4.39 Å². The molecule has 0 fully saturated rings. The van der Waals surface area contributed by atoms with E-state index in [1.165, 1.54) is 11.5 Å². The standard InChI is InChI=1S/C27H27FN2O2/c1-18(2)16-30-27(31)19-11-12-26(23(15-19)22-8-3-5-9-24(22)28)32-14-13-20-17-29-25-10-6-4-7-21(20)25/h3-12,15,17-18,29H,13-14,16H2,1-2H3,(H,30,31). The molecule has 0 saturated carbocycles. The quantitative estimate of drug-likeness (QED) is 0.361. The van der Waals surface area contributed by atoms with Gasteiger partial charge in [0.15, 0.2) is 0 Å². The minimum absolute atomic E-state index is 0.179. The Balaban J connectivity index is 1.57. The zero-order valence-electron chi connectivity index (χ0n) is 18.3. The predicted octanol–water partition coefficient (Wildman–Crippen LogP) is 5.98. The Hall–Kier alpha value is -3.60. The van der Waals surface area contributed by atoms with Crippen LogP contribution in [-0.2, 0) is 6.42 Å². The molecule has 1 amide bonds. The van der Waals surface area contributed by atoms with Crippen molar-refractivity contribution in [1.29, 1.82) is 0 Å². The smallest absolute Gasteiger partial charge is 0.251 e. The first-order chi connectivity index (χ1) is 15.5. The summed E-state index contributed by atoms with van der Waals surface area (Å²) in [5.74, 6) is 0.364. The number of aromatic amines is 1. The van der Waals surface area contributed by atoms with Crippen LogP contribution in [0.5, 0.6) is 5.75 Å². The predicted molar refractivity (Wildman–Crippen MR) is 127 cm³/mol. The molecule has 0 saturated heterocycles. The van der Waals surface area contributed by atoms with E-state index in [2.05, 4.69) is 16.4 Å². The van der Waals surface area contributed by atoms with Crippen molar-refractivity contribution in [2.45, 2.75) is 20.3 Å². The molecule has 0 unspecified atom stereocenters. The van der Waals surface area contributed by atoms with E-state index in [0.717, 1.165) is 11.1 Å². The molecule has 0 radical (unpaired) electrons. The molecule has 4 rings (SSSR count). The molecule has 0 bridgehead atoms. The van der Waals surface area contributed by atoms with E-state index in [0.29, 0.717) is 47.9 Å². The van der Waals surface area contributed by atoms with Crippen LogP contribution < -0.4 is 10.1 Å². The summed E-state index contributed by atoms with van der Waals surface area (Å²) in [6, 6.07) is 19.9. The van der Waals surface area contributed by atoms with Gasteiger partial charge in [0.1, 0.15) is 11.6 Å². The van der Waals surface area contributed by atoms with Gasteiger partial charge in [0, 0.05) is 46.8 Å². The third-order valence-electron chi connectivity index (χ3n) is 5.38. The molecular formula is C27H27FN2O2. The largest absolute Gasteiger partial charge is 0.493 e. The van der Waals surface area contributed by atoms with Crippen molar-refractivity contribution in [3.63, 3.8) is 0 Å². The van der Waals surface area contributed by atoms with Crippen LogP contribution in [0, 0.1) is 11.7 Å². The lowest BCUT2D eigenvalue weighted by atomic mass is 10.0. The van der Waals surface area contributed by atoms with Gasteiger partial charge in [-0.15, -0.1) is 0 Å². The van der Waals surface area contributed by atoms with Crippen LogP contribution in [0.3, 0.4) is 0 Å². The first-order valence-electron chi connectivity index (χ1n) is 10.9. The van der Waals surface area contributed by atoms with Crippen molar-refractivity contribution in [2.75, 3.05) is 13.2 Å². The van der Waals surface area contributed by atoms with Gasteiger partial charge in [0.25, 0.3) is 5.91 Å². The maximum Gasteiger partial charge on any atom is 0.251 e. The van der Waals surface area contributed by atoms with Gasteiger partial charge < -0.3 is 15.0 Å². The van der Waals surface area contributed by atoms with Crippen molar-refractivity contribution in [1.82, 2.24) is 10.3 Å². The lowest BCUT2D eigenvalue weighted by molar-refractivity contribution is 0.0949. The Labute approximate surface area is 187 Å². The summed E-state index contributed by atoms with van der Waals surface area (Å²) in [5, 5.41) is 4.08. The second-order valence-corrected chi connectivity index (χ2v) is 8.25. The van der Waals surface area contributed by atoms with Crippen LogP contribution in [0.15, 0.2) is 72.9 Å².